The average Bonchev–Trinajstić information content (AvgIpc) is 3.17. The first-order valence-electron chi connectivity index (χ1n) is 16.8. The molecule has 11 heteroatoms. The summed E-state index contributed by atoms with van der Waals surface area (Å²) in [6.45, 7) is 4.16. The molecule has 11 nitrogen and oxygen atoms in total. The minimum atomic E-state index is -0.641. The number of anilines is 3. The lowest BCUT2D eigenvalue weighted by Crippen LogP contribution is -2.50. The zero-order valence-electron chi connectivity index (χ0n) is 27.6. The minimum absolute atomic E-state index is 0.0124. The Morgan fingerprint density at radius 3 is 2.22 bits per heavy atom. The van der Waals surface area contributed by atoms with E-state index in [0.29, 0.717) is 23.5 Å². The van der Waals surface area contributed by atoms with Crippen LogP contribution in [0, 0.1) is 0 Å². The normalized spacial score (nSPS) is 19.5. The molecule has 1 aromatic heterocycles. The monoisotopic (exact) mass is 672 g/mol. The predicted molar refractivity (Wildman–Crippen MR) is 191 cm³/mol. The molecule has 0 bridgehead atoms. The third kappa shape index (κ3) is 8.63. The van der Waals surface area contributed by atoms with E-state index in [1.807, 2.05) is 97.1 Å². The summed E-state index contributed by atoms with van der Waals surface area (Å²) in [5, 5.41) is 15.4. The molecule has 5 aromatic rings. The summed E-state index contributed by atoms with van der Waals surface area (Å²) >= 11 is 0. The molecule has 0 radical (unpaired) electrons. The van der Waals surface area contributed by atoms with Gasteiger partial charge >= 0.3 is 6.03 Å². The molecule has 2 fully saturated rings. The van der Waals surface area contributed by atoms with Crippen molar-refractivity contribution in [3.05, 3.63) is 138 Å². The summed E-state index contributed by atoms with van der Waals surface area (Å²) in [6, 6.07) is 33.6. The number of hydrogen-bond acceptors (Lipinski definition) is 9. The number of nitrogens with one attached hydrogen (secondary N) is 2. The summed E-state index contributed by atoms with van der Waals surface area (Å²) < 4.78 is 19.0. The summed E-state index contributed by atoms with van der Waals surface area (Å²) in [5.74, 6) is 2.17. The number of ether oxygens (including phenoxy) is 3. The first-order chi connectivity index (χ1) is 24.6. The largest absolute Gasteiger partial charge is 0.457 e. The molecule has 2 saturated heterocycles. The topological polar surface area (TPSA) is 121 Å². The lowest BCUT2D eigenvalue weighted by atomic mass is 9.99. The Morgan fingerprint density at radius 2 is 1.48 bits per heavy atom. The Kier molecular flexibility index (Phi) is 10.6. The molecule has 3 unspecified atom stereocenters. The van der Waals surface area contributed by atoms with Crippen molar-refractivity contribution >= 4 is 23.4 Å². The van der Waals surface area contributed by atoms with Crippen LogP contribution in [0.2, 0.25) is 0 Å². The Bertz CT molecular complexity index is 1820. The van der Waals surface area contributed by atoms with Gasteiger partial charge in [-0.2, -0.15) is 0 Å². The van der Waals surface area contributed by atoms with E-state index >= 15 is 0 Å². The lowest BCUT2D eigenvalue weighted by molar-refractivity contribution is -0.253. The van der Waals surface area contributed by atoms with E-state index in [9.17, 15) is 9.90 Å². The number of urea groups is 1. The maximum atomic E-state index is 13.0. The highest BCUT2D eigenvalue weighted by Gasteiger charge is 2.34. The molecule has 3 N–H and O–H groups in total. The van der Waals surface area contributed by atoms with Crippen molar-refractivity contribution in [2.75, 3.05) is 48.3 Å². The maximum absolute atomic E-state index is 13.0. The van der Waals surface area contributed by atoms with E-state index in [1.165, 1.54) is 0 Å². The van der Waals surface area contributed by atoms with E-state index < -0.39 is 6.29 Å². The Labute approximate surface area is 291 Å². The van der Waals surface area contributed by atoms with E-state index in [2.05, 4.69) is 30.4 Å². The molecule has 2 aliphatic rings. The number of hydrogen-bond donors (Lipinski definition) is 3. The van der Waals surface area contributed by atoms with E-state index in [-0.39, 0.29) is 24.8 Å². The van der Waals surface area contributed by atoms with Gasteiger partial charge in [-0.25, -0.2) is 14.8 Å². The van der Waals surface area contributed by atoms with Crippen LogP contribution in [0.4, 0.5) is 22.1 Å². The third-order valence-corrected chi connectivity index (χ3v) is 8.79. The molecule has 0 saturated carbocycles. The number of amides is 2. The molecule has 2 aliphatic heterocycles. The highest BCUT2D eigenvalue weighted by molar-refractivity contribution is 5.99. The van der Waals surface area contributed by atoms with E-state index in [1.54, 1.807) is 24.5 Å². The average molecular weight is 673 g/mol. The Balaban J connectivity index is 1.00. The number of benzene rings is 4. The predicted octanol–water partition coefficient (Wildman–Crippen LogP) is 6.77. The Hall–Kier alpha value is -5.33. The summed E-state index contributed by atoms with van der Waals surface area (Å²) in [7, 11) is 0. The molecular weight excluding hydrogens is 632 g/mol. The molecule has 3 atom stereocenters. The summed E-state index contributed by atoms with van der Waals surface area (Å²) in [6.07, 6.45) is 3.29. The van der Waals surface area contributed by atoms with Crippen molar-refractivity contribution in [3.8, 4) is 11.5 Å². The number of aliphatic hydroxyl groups excluding tert-OH is 1. The molecular formula is C39H40N6O5. The van der Waals surface area contributed by atoms with Crippen LogP contribution < -0.4 is 20.3 Å². The third-order valence-electron chi connectivity index (χ3n) is 8.79. The number of carbonyl (C=O) groups excluding carboxylic acids is 1. The standard InChI is InChI=1S/C39H40N6O5/c46-27-28-10-12-29(13-11-28)36-25-35(26-44-20-22-45(23-21-44)38-40-18-5-19-41-38)49-37(50-36)30-6-4-7-32(24-30)43-39(47)42-31-14-16-34(17-15-31)48-33-8-2-1-3-9-33/h1-19,24,35-37,46H,20-23,25-27H2,(H2,42,43,47). The lowest BCUT2D eigenvalue weighted by Gasteiger charge is -2.40. The second-order valence-corrected chi connectivity index (χ2v) is 12.3. The molecule has 7 rings (SSSR count). The Morgan fingerprint density at radius 1 is 0.760 bits per heavy atom. The summed E-state index contributed by atoms with van der Waals surface area (Å²) in [5.41, 5.74) is 3.93. The van der Waals surface area contributed by atoms with Crippen LogP contribution in [0.15, 0.2) is 122 Å². The fraction of sp³-hybridized carbons (Fsp3) is 0.256. The second-order valence-electron chi connectivity index (χ2n) is 12.3. The molecule has 50 heavy (non-hydrogen) atoms. The van der Waals surface area contributed by atoms with Crippen LogP contribution in [0.1, 0.15) is 35.5 Å². The van der Waals surface area contributed by atoms with Gasteiger partial charge in [0.05, 0.1) is 18.8 Å². The van der Waals surface area contributed by atoms with Gasteiger partial charge in [0.25, 0.3) is 0 Å². The molecule has 2 amide bonds. The van der Waals surface area contributed by atoms with Gasteiger partial charge in [-0.05, 0) is 65.7 Å². The smallest absolute Gasteiger partial charge is 0.323 e. The van der Waals surface area contributed by atoms with Gasteiger partial charge in [0.2, 0.25) is 5.95 Å². The van der Waals surface area contributed by atoms with Gasteiger partial charge in [-0.3, -0.25) is 4.90 Å². The number of aliphatic hydroxyl groups is 1. The van der Waals surface area contributed by atoms with Crippen molar-refractivity contribution in [1.82, 2.24) is 14.9 Å². The van der Waals surface area contributed by atoms with Crippen LogP contribution in [0.25, 0.3) is 0 Å². The van der Waals surface area contributed by atoms with E-state index in [0.717, 1.165) is 61.1 Å². The van der Waals surface area contributed by atoms with Crippen molar-refractivity contribution in [2.45, 2.75) is 31.5 Å². The SMILES string of the molecule is O=C(Nc1ccc(Oc2ccccc2)cc1)Nc1cccc(C2OC(CN3CCN(c4ncccn4)CC3)CC(c3ccc(CO)cc3)O2)c1. The van der Waals surface area contributed by atoms with Gasteiger partial charge < -0.3 is 34.9 Å². The number of nitrogens with zero attached hydrogens (tertiary/aromatic N) is 4. The number of aromatic nitrogens is 2. The minimum Gasteiger partial charge on any atom is -0.457 e. The number of piperazine rings is 1. The fourth-order valence-corrected chi connectivity index (χ4v) is 6.19. The zero-order chi connectivity index (χ0) is 34.1. The molecule has 256 valence electrons. The number of rotatable bonds is 10. The van der Waals surface area contributed by atoms with Crippen molar-refractivity contribution in [3.63, 3.8) is 0 Å². The quantitative estimate of drug-likeness (QED) is 0.148. The highest BCUT2D eigenvalue weighted by atomic mass is 16.7. The molecule has 0 aliphatic carbocycles. The van der Waals surface area contributed by atoms with Crippen LogP contribution in [0.5, 0.6) is 11.5 Å². The van der Waals surface area contributed by atoms with Crippen molar-refractivity contribution < 1.29 is 24.1 Å². The van der Waals surface area contributed by atoms with Crippen LogP contribution in [-0.4, -0.2) is 64.8 Å². The van der Waals surface area contributed by atoms with Crippen molar-refractivity contribution in [2.24, 2.45) is 0 Å². The highest BCUT2D eigenvalue weighted by Crippen LogP contribution is 2.39. The van der Waals surface area contributed by atoms with Gasteiger partial charge in [-0.15, -0.1) is 0 Å². The van der Waals surface area contributed by atoms with Gasteiger partial charge in [0.15, 0.2) is 6.29 Å². The number of para-hydroxylation sites is 1. The molecule has 4 aromatic carbocycles. The summed E-state index contributed by atoms with van der Waals surface area (Å²) in [4.78, 5) is 26.4. The first-order valence-corrected chi connectivity index (χ1v) is 16.8. The van der Waals surface area contributed by atoms with Crippen LogP contribution >= 0.6 is 0 Å². The number of carbonyl (C=O) groups is 1. The maximum Gasteiger partial charge on any atom is 0.323 e. The fourth-order valence-electron chi connectivity index (χ4n) is 6.19. The molecule has 0 spiro atoms. The first kappa shape index (κ1) is 33.2. The van der Waals surface area contributed by atoms with Crippen LogP contribution in [-0.2, 0) is 16.1 Å². The zero-order valence-corrected chi connectivity index (χ0v) is 27.6. The van der Waals surface area contributed by atoms with Gasteiger partial charge in [0, 0.05) is 68.5 Å². The van der Waals surface area contributed by atoms with Gasteiger partial charge in [-0.1, -0.05) is 54.6 Å². The van der Waals surface area contributed by atoms with E-state index in [4.69, 9.17) is 14.2 Å². The molecule has 3 heterocycles. The van der Waals surface area contributed by atoms with Crippen molar-refractivity contribution in [1.29, 1.82) is 0 Å². The van der Waals surface area contributed by atoms with Gasteiger partial charge in [0.1, 0.15) is 11.5 Å². The van der Waals surface area contributed by atoms with Crippen LogP contribution in [0.3, 0.4) is 0 Å². The second kappa shape index (κ2) is 15.9.